The average Bonchev–Trinajstić information content (AvgIpc) is 2.93. The van der Waals surface area contributed by atoms with Crippen LogP contribution in [0.25, 0.3) is 11.0 Å². The van der Waals surface area contributed by atoms with Crippen LogP contribution in [-0.4, -0.2) is 38.7 Å². The van der Waals surface area contributed by atoms with E-state index >= 15 is 0 Å². The second-order valence-corrected chi connectivity index (χ2v) is 4.78. The zero-order chi connectivity index (χ0) is 13.9. The molecule has 0 saturated heterocycles. The topological polar surface area (TPSA) is 70.6 Å². The summed E-state index contributed by atoms with van der Waals surface area (Å²) in [6.45, 7) is 0.782. The van der Waals surface area contributed by atoms with Crippen LogP contribution in [0.15, 0.2) is 30.6 Å². The SMILES string of the molecule is CN(CCc1ccccn1)c1nc(Cl)nc2[nH]ncc12. The summed E-state index contributed by atoms with van der Waals surface area (Å²) in [6.07, 6.45) is 4.34. The van der Waals surface area contributed by atoms with Crippen molar-refractivity contribution in [2.75, 3.05) is 18.5 Å². The van der Waals surface area contributed by atoms with Gasteiger partial charge in [-0.15, -0.1) is 0 Å². The van der Waals surface area contributed by atoms with Crippen LogP contribution in [0, 0.1) is 0 Å². The van der Waals surface area contributed by atoms with Crippen LogP contribution in [0.4, 0.5) is 5.82 Å². The van der Waals surface area contributed by atoms with Crippen molar-refractivity contribution in [2.24, 2.45) is 0 Å². The highest BCUT2D eigenvalue weighted by Gasteiger charge is 2.12. The van der Waals surface area contributed by atoms with E-state index in [1.54, 1.807) is 12.4 Å². The van der Waals surface area contributed by atoms with Crippen LogP contribution in [0.3, 0.4) is 0 Å². The number of aromatic amines is 1. The maximum Gasteiger partial charge on any atom is 0.226 e. The van der Waals surface area contributed by atoms with Gasteiger partial charge in [-0.1, -0.05) is 6.07 Å². The van der Waals surface area contributed by atoms with Crippen LogP contribution in [-0.2, 0) is 6.42 Å². The van der Waals surface area contributed by atoms with Crippen molar-refractivity contribution in [1.82, 2.24) is 25.1 Å². The monoisotopic (exact) mass is 288 g/mol. The summed E-state index contributed by atoms with van der Waals surface area (Å²) in [5.41, 5.74) is 1.69. The molecule has 0 radical (unpaired) electrons. The zero-order valence-corrected chi connectivity index (χ0v) is 11.7. The quantitative estimate of drug-likeness (QED) is 0.744. The molecular weight excluding hydrogens is 276 g/mol. The van der Waals surface area contributed by atoms with Gasteiger partial charge < -0.3 is 4.90 Å². The number of aromatic nitrogens is 5. The largest absolute Gasteiger partial charge is 0.359 e. The Morgan fingerprint density at radius 2 is 2.20 bits per heavy atom. The van der Waals surface area contributed by atoms with Gasteiger partial charge in [0.1, 0.15) is 5.82 Å². The number of fused-ring (bicyclic) bond motifs is 1. The molecule has 3 aromatic heterocycles. The second kappa shape index (κ2) is 5.42. The third-order valence-electron chi connectivity index (χ3n) is 3.05. The van der Waals surface area contributed by atoms with Gasteiger partial charge in [-0.3, -0.25) is 10.1 Å². The van der Waals surface area contributed by atoms with Crippen molar-refractivity contribution in [1.29, 1.82) is 0 Å². The molecule has 0 aliphatic carbocycles. The summed E-state index contributed by atoms with van der Waals surface area (Å²) >= 11 is 5.93. The van der Waals surface area contributed by atoms with Gasteiger partial charge in [-0.25, -0.2) is 0 Å². The van der Waals surface area contributed by atoms with E-state index in [9.17, 15) is 0 Å². The summed E-state index contributed by atoms with van der Waals surface area (Å²) < 4.78 is 0. The number of nitrogens with zero attached hydrogens (tertiary/aromatic N) is 5. The minimum absolute atomic E-state index is 0.210. The first-order valence-electron chi connectivity index (χ1n) is 6.21. The molecule has 3 heterocycles. The van der Waals surface area contributed by atoms with Crippen molar-refractivity contribution in [3.63, 3.8) is 0 Å². The molecule has 0 aromatic carbocycles. The van der Waals surface area contributed by atoms with Crippen molar-refractivity contribution < 1.29 is 0 Å². The summed E-state index contributed by atoms with van der Waals surface area (Å²) in [6, 6.07) is 5.90. The third kappa shape index (κ3) is 2.55. The number of halogens is 1. The Morgan fingerprint density at radius 3 is 3.00 bits per heavy atom. The van der Waals surface area contributed by atoms with Crippen LogP contribution in [0.5, 0.6) is 0 Å². The lowest BCUT2D eigenvalue weighted by molar-refractivity contribution is 0.841. The lowest BCUT2D eigenvalue weighted by Gasteiger charge is -2.18. The molecule has 1 N–H and O–H groups in total. The van der Waals surface area contributed by atoms with Crippen LogP contribution >= 0.6 is 11.6 Å². The normalized spacial score (nSPS) is 10.9. The van der Waals surface area contributed by atoms with Crippen LogP contribution < -0.4 is 4.90 Å². The molecule has 20 heavy (non-hydrogen) atoms. The summed E-state index contributed by atoms with van der Waals surface area (Å²) in [5, 5.41) is 7.85. The number of pyridine rings is 1. The van der Waals surface area contributed by atoms with E-state index in [4.69, 9.17) is 11.6 Å². The zero-order valence-electron chi connectivity index (χ0n) is 10.9. The van der Waals surface area contributed by atoms with Gasteiger partial charge in [0.2, 0.25) is 5.28 Å². The molecule has 0 amide bonds. The first kappa shape index (κ1) is 12.8. The Kier molecular flexibility index (Phi) is 3.47. The molecule has 6 nitrogen and oxygen atoms in total. The number of likely N-dealkylation sites (N-methyl/N-ethyl adjacent to an activating group) is 1. The molecule has 0 saturated carbocycles. The summed E-state index contributed by atoms with van der Waals surface area (Å²) in [5.74, 6) is 0.768. The van der Waals surface area contributed by atoms with Gasteiger partial charge in [-0.05, 0) is 23.7 Å². The Morgan fingerprint density at radius 1 is 1.30 bits per heavy atom. The van der Waals surface area contributed by atoms with Crippen molar-refractivity contribution in [2.45, 2.75) is 6.42 Å². The second-order valence-electron chi connectivity index (χ2n) is 4.44. The van der Waals surface area contributed by atoms with E-state index in [0.717, 1.165) is 29.9 Å². The lowest BCUT2D eigenvalue weighted by Crippen LogP contribution is -2.22. The highest BCUT2D eigenvalue weighted by atomic mass is 35.5. The molecule has 102 valence electrons. The molecule has 0 atom stereocenters. The molecule has 0 unspecified atom stereocenters. The highest BCUT2D eigenvalue weighted by molar-refractivity contribution is 6.28. The van der Waals surface area contributed by atoms with Crippen molar-refractivity contribution in [3.8, 4) is 0 Å². The number of hydrogen-bond donors (Lipinski definition) is 1. The molecule has 7 heteroatoms. The Labute approximate surface area is 120 Å². The number of nitrogens with one attached hydrogen (secondary N) is 1. The standard InChI is InChI=1S/C13H13ClN6/c1-20(7-5-9-4-2-3-6-15-9)12-10-8-16-19-11(10)17-13(14)18-12/h2-4,6,8H,5,7H2,1H3,(H,16,17,18,19). The smallest absolute Gasteiger partial charge is 0.226 e. The van der Waals surface area contributed by atoms with Gasteiger partial charge in [-0.2, -0.15) is 15.1 Å². The van der Waals surface area contributed by atoms with Gasteiger partial charge in [0, 0.05) is 31.9 Å². The van der Waals surface area contributed by atoms with Gasteiger partial charge in [0.25, 0.3) is 0 Å². The Bertz CT molecular complexity index is 711. The van der Waals surface area contributed by atoms with E-state index in [0.29, 0.717) is 5.65 Å². The first-order chi connectivity index (χ1) is 9.74. The minimum atomic E-state index is 0.210. The van der Waals surface area contributed by atoms with Crippen molar-refractivity contribution in [3.05, 3.63) is 41.6 Å². The van der Waals surface area contributed by atoms with Crippen LogP contribution in [0.1, 0.15) is 5.69 Å². The maximum atomic E-state index is 5.93. The number of H-pyrrole nitrogens is 1. The molecule has 0 aliphatic heterocycles. The van der Waals surface area contributed by atoms with Crippen molar-refractivity contribution >= 4 is 28.5 Å². The van der Waals surface area contributed by atoms with E-state index < -0.39 is 0 Å². The molecule has 0 aliphatic rings. The van der Waals surface area contributed by atoms with E-state index in [-0.39, 0.29) is 5.28 Å². The predicted octanol–water partition coefficient (Wildman–Crippen LogP) is 2.08. The summed E-state index contributed by atoms with van der Waals surface area (Å²) in [7, 11) is 1.97. The molecular formula is C13H13ClN6. The fourth-order valence-electron chi connectivity index (χ4n) is 2.02. The molecule has 0 fully saturated rings. The van der Waals surface area contributed by atoms with E-state index in [1.165, 1.54) is 0 Å². The van der Waals surface area contributed by atoms with E-state index in [2.05, 4.69) is 25.1 Å². The molecule has 3 aromatic rings. The minimum Gasteiger partial charge on any atom is -0.359 e. The fourth-order valence-corrected chi connectivity index (χ4v) is 2.18. The average molecular weight is 289 g/mol. The molecule has 0 bridgehead atoms. The fraction of sp³-hybridized carbons (Fsp3) is 0.231. The first-order valence-corrected chi connectivity index (χ1v) is 6.59. The molecule has 0 spiro atoms. The Balaban J connectivity index is 1.82. The Hall–Kier alpha value is -2.21. The number of anilines is 1. The highest BCUT2D eigenvalue weighted by Crippen LogP contribution is 2.22. The summed E-state index contributed by atoms with van der Waals surface area (Å²) in [4.78, 5) is 14.7. The van der Waals surface area contributed by atoms with Gasteiger partial charge >= 0.3 is 0 Å². The van der Waals surface area contributed by atoms with Gasteiger partial charge in [0.05, 0.1) is 11.6 Å². The molecule has 3 rings (SSSR count). The van der Waals surface area contributed by atoms with E-state index in [1.807, 2.05) is 30.1 Å². The number of hydrogen-bond acceptors (Lipinski definition) is 5. The van der Waals surface area contributed by atoms with Gasteiger partial charge in [0.15, 0.2) is 5.65 Å². The van der Waals surface area contributed by atoms with Crippen LogP contribution in [0.2, 0.25) is 5.28 Å². The third-order valence-corrected chi connectivity index (χ3v) is 3.22. The predicted molar refractivity (Wildman–Crippen MR) is 77.9 cm³/mol. The maximum absolute atomic E-state index is 5.93. The number of rotatable bonds is 4. The lowest BCUT2D eigenvalue weighted by atomic mass is 10.2.